The van der Waals surface area contributed by atoms with Crippen LogP contribution in [0.25, 0.3) is 10.8 Å². The van der Waals surface area contributed by atoms with Crippen molar-refractivity contribution in [2.75, 3.05) is 6.54 Å². The average Bonchev–Trinajstić information content (AvgIpc) is 2.96. The number of hydrogen-bond donors (Lipinski definition) is 2. The lowest BCUT2D eigenvalue weighted by Gasteiger charge is -2.20. The van der Waals surface area contributed by atoms with Crippen LogP contribution in [-0.2, 0) is 4.79 Å². The molecule has 138 valence electrons. The maximum Gasteiger partial charge on any atom is 0.227 e. The fraction of sp³-hybridized carbons (Fsp3) is 0.300. The Kier molecular flexibility index (Phi) is 6.40. The fourth-order valence-corrected chi connectivity index (χ4v) is 3.24. The van der Waals surface area contributed by atoms with Gasteiger partial charge in [-0.3, -0.25) is 4.79 Å². The highest BCUT2D eigenvalue weighted by Crippen LogP contribution is 2.25. The summed E-state index contributed by atoms with van der Waals surface area (Å²) in [5, 5.41) is 9.28. The molecule has 0 aliphatic carbocycles. The first-order valence-corrected chi connectivity index (χ1v) is 8.43. The predicted octanol–water partition coefficient (Wildman–Crippen LogP) is 3.79. The second kappa shape index (κ2) is 8.34. The second-order valence-electron chi connectivity index (χ2n) is 6.36. The Bertz CT molecular complexity index is 887. The van der Waals surface area contributed by atoms with E-state index in [0.717, 1.165) is 27.6 Å². The van der Waals surface area contributed by atoms with Crippen LogP contribution in [0.1, 0.15) is 41.5 Å². The molecule has 0 saturated carbocycles. The van der Waals surface area contributed by atoms with E-state index in [9.17, 15) is 4.79 Å². The van der Waals surface area contributed by atoms with Gasteiger partial charge in [0.15, 0.2) is 0 Å². The first-order valence-electron chi connectivity index (χ1n) is 8.43. The number of nitrogens with zero attached hydrogens (tertiary/aromatic N) is 1. The molecule has 6 heteroatoms. The summed E-state index contributed by atoms with van der Waals surface area (Å²) in [6.07, 6.45) is 0. The Morgan fingerprint density at radius 1 is 1.19 bits per heavy atom. The van der Waals surface area contributed by atoms with Gasteiger partial charge in [0.2, 0.25) is 5.91 Å². The number of amides is 1. The number of aromatic nitrogens is 1. The molecule has 0 fully saturated rings. The highest BCUT2D eigenvalue weighted by Gasteiger charge is 2.25. The van der Waals surface area contributed by atoms with E-state index in [-0.39, 0.29) is 30.3 Å². The summed E-state index contributed by atoms with van der Waals surface area (Å²) in [6.45, 7) is 5.86. The van der Waals surface area contributed by atoms with E-state index >= 15 is 0 Å². The molecule has 3 aromatic rings. The van der Waals surface area contributed by atoms with Crippen LogP contribution < -0.4 is 11.1 Å². The van der Waals surface area contributed by atoms with Crippen LogP contribution in [0.4, 0.5) is 0 Å². The Hall–Kier alpha value is -2.37. The quantitative estimate of drug-likeness (QED) is 0.713. The minimum atomic E-state index is -0.347. The maximum atomic E-state index is 12.7. The molecule has 26 heavy (non-hydrogen) atoms. The van der Waals surface area contributed by atoms with Crippen molar-refractivity contribution < 1.29 is 9.32 Å². The summed E-state index contributed by atoms with van der Waals surface area (Å²) in [5.41, 5.74) is 8.52. The lowest BCUT2D eigenvalue weighted by atomic mass is 9.97. The zero-order chi connectivity index (χ0) is 18.0. The van der Waals surface area contributed by atoms with Gasteiger partial charge in [-0.2, -0.15) is 0 Å². The van der Waals surface area contributed by atoms with Gasteiger partial charge < -0.3 is 15.6 Å². The third-order valence-electron chi connectivity index (χ3n) is 4.64. The first kappa shape index (κ1) is 19.9. The number of carbonyl (C=O) groups is 1. The van der Waals surface area contributed by atoms with E-state index < -0.39 is 0 Å². The molecule has 3 N–H and O–H groups in total. The number of halogens is 1. The monoisotopic (exact) mass is 373 g/mol. The molecule has 2 unspecified atom stereocenters. The van der Waals surface area contributed by atoms with Crippen molar-refractivity contribution in [2.45, 2.75) is 32.7 Å². The summed E-state index contributed by atoms with van der Waals surface area (Å²) in [5.74, 6) is 0.244. The Balaban J connectivity index is 0.00000243. The van der Waals surface area contributed by atoms with Crippen molar-refractivity contribution >= 4 is 29.1 Å². The first-order chi connectivity index (χ1) is 12.0. The van der Waals surface area contributed by atoms with Crippen molar-refractivity contribution in [2.24, 2.45) is 5.73 Å². The SMILES string of the molecule is Cc1noc(C)c1C(C)C(=O)NC(CN)c1ccc2ccccc2c1.Cl. The van der Waals surface area contributed by atoms with E-state index in [2.05, 4.69) is 34.7 Å². The van der Waals surface area contributed by atoms with Crippen molar-refractivity contribution in [1.82, 2.24) is 10.5 Å². The number of carbonyl (C=O) groups excluding carboxylic acids is 1. The summed E-state index contributed by atoms with van der Waals surface area (Å²) in [6, 6.07) is 14.0. The van der Waals surface area contributed by atoms with Crippen LogP contribution in [0.5, 0.6) is 0 Å². The molecule has 3 rings (SSSR count). The third kappa shape index (κ3) is 3.89. The Morgan fingerprint density at radius 2 is 1.88 bits per heavy atom. The summed E-state index contributed by atoms with van der Waals surface area (Å²) in [7, 11) is 0. The molecule has 2 aromatic carbocycles. The number of nitrogens with two attached hydrogens (primary N) is 1. The number of benzene rings is 2. The molecule has 0 aliphatic rings. The van der Waals surface area contributed by atoms with Crippen molar-refractivity contribution in [3.8, 4) is 0 Å². The van der Waals surface area contributed by atoms with E-state index in [1.165, 1.54) is 0 Å². The molecule has 1 amide bonds. The molecule has 0 aliphatic heterocycles. The number of fused-ring (bicyclic) bond motifs is 1. The van der Waals surface area contributed by atoms with Crippen LogP contribution in [0.2, 0.25) is 0 Å². The van der Waals surface area contributed by atoms with E-state index in [1.54, 1.807) is 0 Å². The molecule has 5 nitrogen and oxygen atoms in total. The van der Waals surface area contributed by atoms with Gasteiger partial charge in [-0.05, 0) is 43.2 Å². The number of nitrogens with one attached hydrogen (secondary N) is 1. The van der Waals surface area contributed by atoms with Gasteiger partial charge in [-0.15, -0.1) is 12.4 Å². The topological polar surface area (TPSA) is 81.2 Å². The summed E-state index contributed by atoms with van der Waals surface area (Å²) >= 11 is 0. The largest absolute Gasteiger partial charge is 0.361 e. The predicted molar refractivity (Wildman–Crippen MR) is 106 cm³/mol. The molecule has 0 saturated heterocycles. The minimum Gasteiger partial charge on any atom is -0.361 e. The zero-order valence-electron chi connectivity index (χ0n) is 15.2. The van der Waals surface area contributed by atoms with E-state index in [1.807, 2.05) is 39.0 Å². The Morgan fingerprint density at radius 3 is 2.50 bits per heavy atom. The Labute approximate surface area is 159 Å². The molecule has 2 atom stereocenters. The van der Waals surface area contributed by atoms with Gasteiger partial charge in [0.1, 0.15) is 5.76 Å². The van der Waals surface area contributed by atoms with Crippen molar-refractivity contribution in [3.05, 3.63) is 65.0 Å². The molecule has 1 aromatic heterocycles. The van der Waals surface area contributed by atoms with Crippen molar-refractivity contribution in [3.63, 3.8) is 0 Å². The van der Waals surface area contributed by atoms with Crippen LogP contribution in [0, 0.1) is 13.8 Å². The van der Waals surface area contributed by atoms with Gasteiger partial charge in [-0.25, -0.2) is 0 Å². The van der Waals surface area contributed by atoms with Crippen LogP contribution in [0.15, 0.2) is 47.0 Å². The standard InChI is InChI=1S/C20H23N3O2.ClH/c1-12(19-13(2)23-25-14(19)3)20(24)22-18(11-21)17-9-8-15-6-4-5-7-16(15)10-17;/h4-10,12,18H,11,21H2,1-3H3,(H,22,24);1H. The molecule has 1 heterocycles. The van der Waals surface area contributed by atoms with E-state index in [4.69, 9.17) is 10.3 Å². The van der Waals surface area contributed by atoms with Gasteiger partial charge >= 0.3 is 0 Å². The van der Waals surface area contributed by atoms with Crippen LogP contribution in [0.3, 0.4) is 0 Å². The van der Waals surface area contributed by atoms with E-state index in [0.29, 0.717) is 12.3 Å². The summed E-state index contributed by atoms with van der Waals surface area (Å²) in [4.78, 5) is 12.7. The molecule has 0 radical (unpaired) electrons. The highest BCUT2D eigenvalue weighted by atomic mass is 35.5. The molecular weight excluding hydrogens is 350 g/mol. The van der Waals surface area contributed by atoms with Crippen LogP contribution >= 0.6 is 12.4 Å². The number of hydrogen-bond acceptors (Lipinski definition) is 4. The number of rotatable bonds is 5. The fourth-order valence-electron chi connectivity index (χ4n) is 3.24. The summed E-state index contributed by atoms with van der Waals surface area (Å²) < 4.78 is 5.18. The molecular formula is C20H24ClN3O2. The molecule has 0 spiro atoms. The van der Waals surface area contributed by atoms with Gasteiger partial charge in [0.25, 0.3) is 0 Å². The smallest absolute Gasteiger partial charge is 0.227 e. The van der Waals surface area contributed by atoms with Gasteiger partial charge in [0.05, 0.1) is 17.7 Å². The third-order valence-corrected chi connectivity index (χ3v) is 4.64. The van der Waals surface area contributed by atoms with Crippen LogP contribution in [-0.4, -0.2) is 17.6 Å². The normalized spacial score (nSPS) is 13.1. The number of aryl methyl sites for hydroxylation is 2. The minimum absolute atomic E-state index is 0. The second-order valence-corrected chi connectivity index (χ2v) is 6.36. The molecule has 0 bridgehead atoms. The van der Waals surface area contributed by atoms with Crippen molar-refractivity contribution in [1.29, 1.82) is 0 Å². The van der Waals surface area contributed by atoms with Gasteiger partial charge in [-0.1, -0.05) is 41.6 Å². The lowest BCUT2D eigenvalue weighted by Crippen LogP contribution is -2.36. The zero-order valence-corrected chi connectivity index (χ0v) is 16.0. The lowest BCUT2D eigenvalue weighted by molar-refractivity contribution is -0.123. The highest BCUT2D eigenvalue weighted by molar-refractivity contribution is 5.86. The van der Waals surface area contributed by atoms with Gasteiger partial charge in [0, 0.05) is 12.1 Å². The maximum absolute atomic E-state index is 12.7. The average molecular weight is 374 g/mol.